The summed E-state index contributed by atoms with van der Waals surface area (Å²) in [4.78, 5) is 26.3. The molecule has 0 aliphatic carbocycles. The Hall–Kier alpha value is -2.86. The van der Waals surface area contributed by atoms with Crippen molar-refractivity contribution in [3.8, 4) is 0 Å². The van der Waals surface area contributed by atoms with Crippen molar-refractivity contribution in [2.24, 2.45) is 0 Å². The number of hydrogen-bond acceptors (Lipinski definition) is 4. The Morgan fingerprint density at radius 1 is 0.964 bits per heavy atom. The Kier molecular flexibility index (Phi) is 9.01. The molecule has 0 aliphatic rings. The second-order valence-corrected chi connectivity index (χ2v) is 6.36. The predicted octanol–water partition coefficient (Wildman–Crippen LogP) is 3.55. The molecule has 2 N–H and O–H groups in total. The van der Waals surface area contributed by atoms with Gasteiger partial charge < -0.3 is 15.0 Å². The van der Waals surface area contributed by atoms with Crippen molar-refractivity contribution in [1.82, 2.24) is 10.2 Å². The summed E-state index contributed by atoms with van der Waals surface area (Å²) in [6, 6.07) is 16.6. The Bertz CT molecular complexity index is 728. The number of likely N-dealkylation sites (N-methyl/N-ethyl adjacent to an activating group) is 1. The summed E-state index contributed by atoms with van der Waals surface area (Å²) in [6.07, 6.45) is 0.160. The third-order valence-corrected chi connectivity index (χ3v) is 4.47. The minimum Gasteiger partial charge on any atom is -0.449 e. The number of carbonyl (C=O) groups excluding carboxylic acids is 2. The summed E-state index contributed by atoms with van der Waals surface area (Å²) in [6.45, 7) is 7.88. The largest absolute Gasteiger partial charge is 0.449 e. The zero-order valence-electron chi connectivity index (χ0n) is 16.6. The highest BCUT2D eigenvalue weighted by Crippen LogP contribution is 2.10. The zero-order chi connectivity index (χ0) is 20.2. The SMILES string of the molecule is CCN(CC)CCNC(=O)c1ccc(NC(=O)OCCc2ccccc2)cc1. The van der Waals surface area contributed by atoms with Crippen LogP contribution < -0.4 is 10.6 Å². The Morgan fingerprint density at radius 3 is 2.29 bits per heavy atom. The second kappa shape index (κ2) is 11.8. The molecule has 2 rings (SSSR count). The molecule has 2 amide bonds. The van der Waals surface area contributed by atoms with Gasteiger partial charge in [-0.15, -0.1) is 0 Å². The van der Waals surface area contributed by atoms with Crippen molar-refractivity contribution >= 4 is 17.7 Å². The first kappa shape index (κ1) is 21.4. The van der Waals surface area contributed by atoms with E-state index in [2.05, 4.69) is 29.4 Å². The van der Waals surface area contributed by atoms with Gasteiger partial charge in [0.2, 0.25) is 0 Å². The van der Waals surface area contributed by atoms with Crippen molar-refractivity contribution in [2.75, 3.05) is 38.1 Å². The second-order valence-electron chi connectivity index (χ2n) is 6.36. The molecule has 28 heavy (non-hydrogen) atoms. The van der Waals surface area contributed by atoms with E-state index in [1.165, 1.54) is 0 Å². The fourth-order valence-electron chi connectivity index (χ4n) is 2.73. The van der Waals surface area contributed by atoms with Crippen LogP contribution in [0.15, 0.2) is 54.6 Å². The van der Waals surface area contributed by atoms with Crippen LogP contribution in [0.2, 0.25) is 0 Å². The normalized spacial score (nSPS) is 10.5. The quantitative estimate of drug-likeness (QED) is 0.658. The van der Waals surface area contributed by atoms with Gasteiger partial charge in [-0.05, 0) is 42.9 Å². The number of nitrogens with zero attached hydrogens (tertiary/aromatic N) is 1. The molecule has 0 radical (unpaired) electrons. The van der Waals surface area contributed by atoms with E-state index >= 15 is 0 Å². The summed E-state index contributed by atoms with van der Waals surface area (Å²) < 4.78 is 5.19. The summed E-state index contributed by atoms with van der Waals surface area (Å²) >= 11 is 0. The van der Waals surface area contributed by atoms with Crippen LogP contribution in [-0.4, -0.2) is 49.7 Å². The van der Waals surface area contributed by atoms with Crippen LogP contribution in [0.3, 0.4) is 0 Å². The number of anilines is 1. The average molecular weight is 383 g/mol. The molecule has 0 fully saturated rings. The molecule has 0 aromatic heterocycles. The van der Waals surface area contributed by atoms with Crippen LogP contribution >= 0.6 is 0 Å². The molecule has 6 nitrogen and oxygen atoms in total. The highest BCUT2D eigenvalue weighted by Gasteiger charge is 2.08. The lowest BCUT2D eigenvalue weighted by atomic mass is 10.2. The third-order valence-electron chi connectivity index (χ3n) is 4.47. The Morgan fingerprint density at radius 2 is 1.64 bits per heavy atom. The molecule has 2 aromatic carbocycles. The van der Waals surface area contributed by atoms with Gasteiger partial charge in [-0.1, -0.05) is 44.2 Å². The minimum absolute atomic E-state index is 0.121. The van der Waals surface area contributed by atoms with Crippen LogP contribution in [0.5, 0.6) is 0 Å². The van der Waals surface area contributed by atoms with Gasteiger partial charge in [-0.2, -0.15) is 0 Å². The maximum Gasteiger partial charge on any atom is 0.411 e. The number of nitrogens with one attached hydrogen (secondary N) is 2. The number of hydrogen-bond donors (Lipinski definition) is 2. The van der Waals surface area contributed by atoms with Gasteiger partial charge in [0.25, 0.3) is 5.91 Å². The molecule has 0 saturated carbocycles. The van der Waals surface area contributed by atoms with Gasteiger partial charge >= 0.3 is 6.09 Å². The monoisotopic (exact) mass is 383 g/mol. The van der Waals surface area contributed by atoms with Crippen molar-refractivity contribution in [2.45, 2.75) is 20.3 Å². The van der Waals surface area contributed by atoms with Gasteiger partial charge in [0.05, 0.1) is 6.61 Å². The average Bonchev–Trinajstić information content (AvgIpc) is 2.72. The Balaban J connectivity index is 1.72. The van der Waals surface area contributed by atoms with Crippen molar-refractivity contribution in [3.05, 3.63) is 65.7 Å². The molecule has 0 unspecified atom stereocenters. The van der Waals surface area contributed by atoms with Gasteiger partial charge in [0, 0.05) is 30.8 Å². The maximum atomic E-state index is 12.2. The first-order valence-corrected chi connectivity index (χ1v) is 9.70. The molecule has 150 valence electrons. The van der Waals surface area contributed by atoms with Crippen LogP contribution in [0.4, 0.5) is 10.5 Å². The van der Waals surface area contributed by atoms with Crippen molar-refractivity contribution < 1.29 is 14.3 Å². The standard InChI is InChI=1S/C22H29N3O3/c1-3-25(4-2)16-15-23-21(26)19-10-12-20(13-11-19)24-22(27)28-17-14-18-8-6-5-7-9-18/h5-13H,3-4,14-17H2,1-2H3,(H,23,26)(H,24,27). The van der Waals surface area contributed by atoms with E-state index in [-0.39, 0.29) is 5.91 Å². The summed E-state index contributed by atoms with van der Waals surface area (Å²) in [5, 5.41) is 5.58. The molecule has 0 spiro atoms. The summed E-state index contributed by atoms with van der Waals surface area (Å²) in [7, 11) is 0. The Labute approximate surface area is 166 Å². The van der Waals surface area contributed by atoms with E-state index in [1.807, 2.05) is 30.3 Å². The van der Waals surface area contributed by atoms with Crippen molar-refractivity contribution in [1.29, 1.82) is 0 Å². The molecule has 0 aliphatic heterocycles. The lowest BCUT2D eigenvalue weighted by Gasteiger charge is -2.17. The fourth-order valence-corrected chi connectivity index (χ4v) is 2.73. The third kappa shape index (κ3) is 7.40. The van der Waals surface area contributed by atoms with E-state index in [9.17, 15) is 9.59 Å². The molecule has 2 aromatic rings. The van der Waals surface area contributed by atoms with Crippen LogP contribution in [-0.2, 0) is 11.2 Å². The number of ether oxygens (including phenoxy) is 1. The highest BCUT2D eigenvalue weighted by atomic mass is 16.5. The summed E-state index contributed by atoms with van der Waals surface area (Å²) in [5.41, 5.74) is 2.26. The van der Waals surface area contributed by atoms with Gasteiger partial charge in [-0.3, -0.25) is 10.1 Å². The van der Waals surface area contributed by atoms with Gasteiger partial charge in [0.15, 0.2) is 0 Å². The molecule has 0 saturated heterocycles. The fraction of sp³-hybridized carbons (Fsp3) is 0.364. The maximum absolute atomic E-state index is 12.2. The number of benzene rings is 2. The van der Waals surface area contributed by atoms with Crippen molar-refractivity contribution in [3.63, 3.8) is 0 Å². The molecule has 0 bridgehead atoms. The number of carbonyl (C=O) groups is 2. The van der Waals surface area contributed by atoms with E-state index in [0.717, 1.165) is 25.2 Å². The van der Waals surface area contributed by atoms with Crippen LogP contribution in [0.1, 0.15) is 29.8 Å². The van der Waals surface area contributed by atoms with Gasteiger partial charge in [0.1, 0.15) is 0 Å². The number of rotatable bonds is 10. The first-order chi connectivity index (χ1) is 13.6. The summed E-state index contributed by atoms with van der Waals surface area (Å²) in [5.74, 6) is -0.121. The lowest BCUT2D eigenvalue weighted by Crippen LogP contribution is -2.34. The van der Waals surface area contributed by atoms with Crippen LogP contribution in [0.25, 0.3) is 0 Å². The first-order valence-electron chi connectivity index (χ1n) is 9.70. The molecular weight excluding hydrogens is 354 g/mol. The molecule has 6 heteroatoms. The van der Waals surface area contributed by atoms with E-state index in [0.29, 0.717) is 30.8 Å². The highest BCUT2D eigenvalue weighted by molar-refractivity contribution is 5.95. The van der Waals surface area contributed by atoms with E-state index < -0.39 is 6.09 Å². The van der Waals surface area contributed by atoms with E-state index in [1.54, 1.807) is 24.3 Å². The van der Waals surface area contributed by atoms with Crippen LogP contribution in [0, 0.1) is 0 Å². The molecular formula is C22H29N3O3. The lowest BCUT2D eigenvalue weighted by molar-refractivity contribution is 0.0949. The minimum atomic E-state index is -0.507. The van der Waals surface area contributed by atoms with E-state index in [4.69, 9.17) is 4.74 Å². The topological polar surface area (TPSA) is 70.7 Å². The van der Waals surface area contributed by atoms with Gasteiger partial charge in [-0.25, -0.2) is 4.79 Å². The number of amides is 2. The zero-order valence-corrected chi connectivity index (χ0v) is 16.6. The molecule has 0 atom stereocenters. The predicted molar refractivity (Wildman–Crippen MR) is 112 cm³/mol. The smallest absolute Gasteiger partial charge is 0.411 e. The molecule has 0 heterocycles.